The van der Waals surface area contributed by atoms with E-state index in [4.69, 9.17) is 10.2 Å². The van der Waals surface area contributed by atoms with Crippen LogP contribution < -0.4 is 5.73 Å². The number of carbonyl (C=O) groups excluding carboxylic acids is 1. The molecule has 2 rings (SSSR count). The van der Waals surface area contributed by atoms with E-state index in [9.17, 15) is 4.79 Å². The molecule has 1 heterocycles. The molecule has 1 aliphatic carbocycles. The minimum Gasteiger partial charge on any atom is -0.457 e. The van der Waals surface area contributed by atoms with E-state index < -0.39 is 0 Å². The first-order valence-corrected chi connectivity index (χ1v) is 5.11. The van der Waals surface area contributed by atoms with Crippen LogP contribution in [0.1, 0.15) is 42.0 Å². The first-order valence-electron chi connectivity index (χ1n) is 5.11. The summed E-state index contributed by atoms with van der Waals surface area (Å²) in [4.78, 5) is 11.6. The first-order chi connectivity index (χ1) is 6.79. The predicted molar refractivity (Wildman–Crippen MR) is 52.9 cm³/mol. The summed E-state index contributed by atoms with van der Waals surface area (Å²) in [5.41, 5.74) is 5.40. The molecule has 2 N–H and O–H groups in total. The molecule has 0 amide bonds. The van der Waals surface area contributed by atoms with E-state index in [0.29, 0.717) is 30.4 Å². The van der Waals surface area contributed by atoms with Crippen LogP contribution in [-0.2, 0) is 6.54 Å². The summed E-state index contributed by atoms with van der Waals surface area (Å²) >= 11 is 0. The minimum absolute atomic E-state index is 0.120. The summed E-state index contributed by atoms with van der Waals surface area (Å²) < 4.78 is 5.29. The van der Waals surface area contributed by atoms with Gasteiger partial charge in [0.15, 0.2) is 11.5 Å². The van der Waals surface area contributed by atoms with Gasteiger partial charge in [0.2, 0.25) is 0 Å². The third-order valence-corrected chi connectivity index (χ3v) is 2.84. The Kier molecular flexibility index (Phi) is 2.68. The molecular weight excluding hydrogens is 178 g/mol. The number of rotatable bonds is 4. The van der Waals surface area contributed by atoms with Crippen molar-refractivity contribution in [2.75, 3.05) is 0 Å². The number of hydrogen-bond donors (Lipinski definition) is 1. The largest absolute Gasteiger partial charge is 0.457 e. The van der Waals surface area contributed by atoms with Crippen molar-refractivity contribution < 1.29 is 9.21 Å². The maximum absolute atomic E-state index is 11.6. The lowest BCUT2D eigenvalue weighted by Gasteiger charge is -2.23. The lowest BCUT2D eigenvalue weighted by molar-refractivity contribution is 0.0907. The van der Waals surface area contributed by atoms with Crippen LogP contribution in [0.2, 0.25) is 0 Å². The zero-order valence-corrected chi connectivity index (χ0v) is 8.16. The summed E-state index contributed by atoms with van der Waals surface area (Å²) in [6, 6.07) is 3.50. The van der Waals surface area contributed by atoms with Gasteiger partial charge < -0.3 is 10.2 Å². The molecule has 0 aromatic carbocycles. The quantitative estimate of drug-likeness (QED) is 0.745. The predicted octanol–water partition coefficient (Wildman–Crippen LogP) is 2.11. The van der Waals surface area contributed by atoms with E-state index in [1.165, 1.54) is 19.3 Å². The molecule has 0 unspecified atom stereocenters. The van der Waals surface area contributed by atoms with Crippen molar-refractivity contribution in [2.45, 2.75) is 32.2 Å². The second-order valence-corrected chi connectivity index (χ2v) is 3.89. The highest BCUT2D eigenvalue weighted by molar-refractivity contribution is 5.93. The fraction of sp³-hybridized carbons (Fsp3) is 0.545. The van der Waals surface area contributed by atoms with Gasteiger partial charge in [-0.05, 0) is 30.9 Å². The molecule has 0 radical (unpaired) electrons. The topological polar surface area (TPSA) is 56.2 Å². The van der Waals surface area contributed by atoms with E-state index in [1.807, 2.05) is 0 Å². The highest BCUT2D eigenvalue weighted by Crippen LogP contribution is 2.30. The molecule has 1 saturated carbocycles. The molecule has 0 atom stereocenters. The molecule has 1 fully saturated rings. The fourth-order valence-corrected chi connectivity index (χ4v) is 1.70. The van der Waals surface area contributed by atoms with Gasteiger partial charge in [0.25, 0.3) is 0 Å². The van der Waals surface area contributed by atoms with Crippen molar-refractivity contribution in [1.82, 2.24) is 0 Å². The summed E-state index contributed by atoms with van der Waals surface area (Å²) in [5, 5.41) is 0. The van der Waals surface area contributed by atoms with E-state index >= 15 is 0 Å². The number of hydrogen-bond acceptors (Lipinski definition) is 3. The van der Waals surface area contributed by atoms with Crippen LogP contribution in [0.3, 0.4) is 0 Å². The van der Waals surface area contributed by atoms with Gasteiger partial charge in [0, 0.05) is 6.42 Å². The number of carbonyl (C=O) groups is 1. The van der Waals surface area contributed by atoms with Gasteiger partial charge >= 0.3 is 0 Å². The second-order valence-electron chi connectivity index (χ2n) is 3.89. The Morgan fingerprint density at radius 1 is 1.50 bits per heavy atom. The molecule has 3 nitrogen and oxygen atoms in total. The van der Waals surface area contributed by atoms with Gasteiger partial charge in [0.1, 0.15) is 5.76 Å². The standard InChI is InChI=1S/C11H15NO2/c12-7-9-4-5-11(14-9)10(13)6-8-2-1-3-8/h4-5,8H,1-3,6-7,12H2. The van der Waals surface area contributed by atoms with Gasteiger partial charge in [-0.25, -0.2) is 0 Å². The van der Waals surface area contributed by atoms with E-state index in [2.05, 4.69) is 0 Å². The number of Topliss-reactive ketones (excluding diaryl/α,β-unsaturated/α-hetero) is 1. The Morgan fingerprint density at radius 2 is 2.29 bits per heavy atom. The SMILES string of the molecule is NCc1ccc(C(=O)CC2CCC2)o1. The average molecular weight is 193 g/mol. The number of ketones is 1. The second kappa shape index (κ2) is 3.96. The first kappa shape index (κ1) is 9.46. The van der Waals surface area contributed by atoms with Crippen LogP contribution in [0.25, 0.3) is 0 Å². The zero-order valence-electron chi connectivity index (χ0n) is 8.16. The van der Waals surface area contributed by atoms with Crippen LogP contribution in [0.15, 0.2) is 16.5 Å². The number of nitrogens with two attached hydrogens (primary N) is 1. The van der Waals surface area contributed by atoms with Crippen LogP contribution in [-0.4, -0.2) is 5.78 Å². The monoisotopic (exact) mass is 193 g/mol. The highest BCUT2D eigenvalue weighted by Gasteiger charge is 2.22. The van der Waals surface area contributed by atoms with Crippen LogP contribution in [0.4, 0.5) is 0 Å². The molecular formula is C11H15NO2. The maximum Gasteiger partial charge on any atom is 0.198 e. The smallest absolute Gasteiger partial charge is 0.198 e. The third kappa shape index (κ3) is 1.87. The fourth-order valence-electron chi connectivity index (χ4n) is 1.70. The van der Waals surface area contributed by atoms with Crippen molar-refractivity contribution in [3.8, 4) is 0 Å². The lowest BCUT2D eigenvalue weighted by Crippen LogP contribution is -2.15. The van der Waals surface area contributed by atoms with Crippen LogP contribution in [0.5, 0.6) is 0 Å². The van der Waals surface area contributed by atoms with Gasteiger partial charge in [-0.1, -0.05) is 6.42 Å². The molecule has 1 aromatic rings. The van der Waals surface area contributed by atoms with E-state index in [1.54, 1.807) is 12.1 Å². The Morgan fingerprint density at radius 3 is 2.79 bits per heavy atom. The molecule has 1 aromatic heterocycles. The summed E-state index contributed by atoms with van der Waals surface area (Å²) in [5.74, 6) is 1.86. The summed E-state index contributed by atoms with van der Waals surface area (Å²) in [6.07, 6.45) is 4.29. The molecule has 0 spiro atoms. The third-order valence-electron chi connectivity index (χ3n) is 2.84. The van der Waals surface area contributed by atoms with Crippen molar-refractivity contribution in [1.29, 1.82) is 0 Å². The van der Waals surface area contributed by atoms with Gasteiger partial charge in [-0.2, -0.15) is 0 Å². The molecule has 1 aliphatic rings. The Balaban J connectivity index is 1.95. The Bertz CT molecular complexity index is 326. The zero-order chi connectivity index (χ0) is 9.97. The van der Waals surface area contributed by atoms with Crippen molar-refractivity contribution in [3.05, 3.63) is 23.7 Å². The molecule has 3 heteroatoms. The van der Waals surface area contributed by atoms with Crippen LogP contribution in [0, 0.1) is 5.92 Å². The van der Waals surface area contributed by atoms with Crippen molar-refractivity contribution in [3.63, 3.8) is 0 Å². The Hall–Kier alpha value is -1.09. The van der Waals surface area contributed by atoms with Crippen molar-refractivity contribution >= 4 is 5.78 Å². The minimum atomic E-state index is 0.120. The maximum atomic E-state index is 11.6. The molecule has 14 heavy (non-hydrogen) atoms. The lowest BCUT2D eigenvalue weighted by atomic mass is 9.81. The molecule has 76 valence electrons. The van der Waals surface area contributed by atoms with Gasteiger partial charge in [-0.3, -0.25) is 4.79 Å². The van der Waals surface area contributed by atoms with Crippen molar-refractivity contribution in [2.24, 2.45) is 11.7 Å². The van der Waals surface area contributed by atoms with Crippen LogP contribution >= 0.6 is 0 Å². The van der Waals surface area contributed by atoms with Gasteiger partial charge in [0.05, 0.1) is 6.54 Å². The number of furan rings is 1. The van der Waals surface area contributed by atoms with Gasteiger partial charge in [-0.15, -0.1) is 0 Å². The highest BCUT2D eigenvalue weighted by atomic mass is 16.3. The molecule has 0 aliphatic heterocycles. The molecule has 0 bridgehead atoms. The summed E-state index contributed by atoms with van der Waals surface area (Å²) in [6.45, 7) is 0.358. The molecule has 0 saturated heterocycles. The summed E-state index contributed by atoms with van der Waals surface area (Å²) in [7, 11) is 0. The normalized spacial score (nSPS) is 16.6. The average Bonchev–Trinajstić information content (AvgIpc) is 2.59. The van der Waals surface area contributed by atoms with E-state index in [0.717, 1.165) is 0 Å². The van der Waals surface area contributed by atoms with E-state index in [-0.39, 0.29) is 5.78 Å². The Labute approximate surface area is 83.3 Å².